The van der Waals surface area contributed by atoms with Crippen molar-refractivity contribution >= 4 is 17.0 Å². The number of oxazole rings is 1. The molecule has 2 aromatic carbocycles. The van der Waals surface area contributed by atoms with Gasteiger partial charge in [0.15, 0.2) is 11.5 Å². The van der Waals surface area contributed by atoms with Crippen LogP contribution in [0, 0.1) is 5.92 Å². The van der Waals surface area contributed by atoms with Crippen LogP contribution in [0.15, 0.2) is 46.9 Å². The molecule has 0 aliphatic carbocycles. The van der Waals surface area contributed by atoms with Gasteiger partial charge in [-0.2, -0.15) is 0 Å². The second kappa shape index (κ2) is 8.04. The van der Waals surface area contributed by atoms with Crippen LogP contribution < -0.4 is 10.1 Å². The fourth-order valence-electron chi connectivity index (χ4n) is 2.68. The van der Waals surface area contributed by atoms with Gasteiger partial charge < -0.3 is 14.5 Å². The zero-order chi connectivity index (χ0) is 18.5. The topological polar surface area (TPSA) is 64.4 Å². The zero-order valence-corrected chi connectivity index (χ0v) is 15.4. The number of nitrogens with one attached hydrogen (secondary N) is 1. The van der Waals surface area contributed by atoms with Crippen LogP contribution in [0.3, 0.4) is 0 Å². The van der Waals surface area contributed by atoms with Crippen LogP contribution in [-0.4, -0.2) is 24.5 Å². The predicted octanol–water partition coefficient (Wildman–Crippen LogP) is 4.20. The molecule has 1 N–H and O–H groups in total. The van der Waals surface area contributed by atoms with Crippen molar-refractivity contribution in [3.8, 4) is 5.75 Å². The summed E-state index contributed by atoms with van der Waals surface area (Å²) in [5.74, 6) is 1.93. The Morgan fingerprint density at radius 2 is 1.96 bits per heavy atom. The maximum atomic E-state index is 12.2. The molecule has 136 valence electrons. The average Bonchev–Trinajstić information content (AvgIpc) is 3.03. The van der Waals surface area contributed by atoms with Gasteiger partial charge in [-0.3, -0.25) is 4.79 Å². The number of aromatic nitrogens is 1. The molecule has 0 atom stereocenters. The number of methoxy groups -OCH3 is 1. The van der Waals surface area contributed by atoms with Gasteiger partial charge in [0.1, 0.15) is 11.3 Å². The third-order valence-corrected chi connectivity index (χ3v) is 4.22. The normalized spacial score (nSPS) is 11.1. The van der Waals surface area contributed by atoms with Crippen molar-refractivity contribution in [2.24, 2.45) is 5.92 Å². The van der Waals surface area contributed by atoms with Gasteiger partial charge in [-0.15, -0.1) is 0 Å². The number of nitrogens with zero attached hydrogens (tertiary/aromatic N) is 1. The van der Waals surface area contributed by atoms with Gasteiger partial charge in [-0.1, -0.05) is 26.0 Å². The lowest BCUT2D eigenvalue weighted by molar-refractivity contribution is 0.0952. The summed E-state index contributed by atoms with van der Waals surface area (Å²) in [6.45, 7) is 4.95. The van der Waals surface area contributed by atoms with Crippen molar-refractivity contribution in [3.63, 3.8) is 0 Å². The van der Waals surface area contributed by atoms with E-state index in [2.05, 4.69) is 24.1 Å². The van der Waals surface area contributed by atoms with E-state index in [-0.39, 0.29) is 5.91 Å². The molecule has 0 fully saturated rings. The molecule has 0 saturated carbocycles. The minimum absolute atomic E-state index is 0.0827. The Hall–Kier alpha value is -2.82. The molecule has 0 spiro atoms. The molecule has 0 aliphatic rings. The highest BCUT2D eigenvalue weighted by Gasteiger charge is 2.11. The van der Waals surface area contributed by atoms with Crippen LogP contribution >= 0.6 is 0 Å². The van der Waals surface area contributed by atoms with E-state index in [1.807, 2.05) is 30.3 Å². The van der Waals surface area contributed by atoms with E-state index >= 15 is 0 Å². The second-order valence-corrected chi connectivity index (χ2v) is 6.75. The lowest BCUT2D eigenvalue weighted by Crippen LogP contribution is -2.25. The summed E-state index contributed by atoms with van der Waals surface area (Å²) in [6.07, 6.45) is 1.55. The first-order valence-electron chi connectivity index (χ1n) is 8.85. The van der Waals surface area contributed by atoms with Crippen LogP contribution in [0.25, 0.3) is 11.1 Å². The van der Waals surface area contributed by atoms with Crippen LogP contribution in [0.4, 0.5) is 0 Å². The molecule has 26 heavy (non-hydrogen) atoms. The summed E-state index contributed by atoms with van der Waals surface area (Å²) in [6, 6.07) is 13.2. The van der Waals surface area contributed by atoms with Crippen molar-refractivity contribution in [1.29, 1.82) is 0 Å². The van der Waals surface area contributed by atoms with Gasteiger partial charge in [0, 0.05) is 18.5 Å². The van der Waals surface area contributed by atoms with E-state index < -0.39 is 0 Å². The highest BCUT2D eigenvalue weighted by atomic mass is 16.5. The molecule has 5 nitrogen and oxygen atoms in total. The van der Waals surface area contributed by atoms with Crippen LogP contribution in [-0.2, 0) is 6.42 Å². The number of amides is 1. The van der Waals surface area contributed by atoms with E-state index in [1.54, 1.807) is 19.2 Å². The maximum absolute atomic E-state index is 12.2. The summed E-state index contributed by atoms with van der Waals surface area (Å²) in [5, 5.41) is 2.94. The first kappa shape index (κ1) is 18.0. The Morgan fingerprint density at radius 3 is 2.65 bits per heavy atom. The molecule has 1 heterocycles. The minimum atomic E-state index is -0.0827. The summed E-state index contributed by atoms with van der Waals surface area (Å²) in [7, 11) is 1.65. The molecule has 3 rings (SSSR count). The number of carbonyl (C=O) groups excluding carboxylic acids is 1. The van der Waals surface area contributed by atoms with E-state index in [9.17, 15) is 4.79 Å². The number of hydrogen-bond donors (Lipinski definition) is 1. The van der Waals surface area contributed by atoms with Crippen molar-refractivity contribution in [3.05, 3.63) is 59.5 Å². The summed E-state index contributed by atoms with van der Waals surface area (Å²) >= 11 is 0. The average molecular weight is 352 g/mol. The van der Waals surface area contributed by atoms with E-state index in [1.165, 1.54) is 0 Å². The fraction of sp³-hybridized carbons (Fsp3) is 0.333. The van der Waals surface area contributed by atoms with E-state index in [0.717, 1.165) is 23.3 Å². The standard InChI is InChI=1S/C21H24N2O3/c1-14(2)10-11-22-21(24)16-6-9-18-19(13-16)26-20(23-18)12-15-4-7-17(25-3)8-5-15/h4-9,13-14H,10-12H2,1-3H3,(H,22,24). The molecular formula is C21H24N2O3. The van der Waals surface area contributed by atoms with E-state index in [4.69, 9.17) is 9.15 Å². The van der Waals surface area contributed by atoms with E-state index in [0.29, 0.717) is 35.9 Å². The molecule has 5 heteroatoms. The quantitative estimate of drug-likeness (QED) is 0.692. The first-order valence-corrected chi connectivity index (χ1v) is 8.85. The Kier molecular flexibility index (Phi) is 5.56. The largest absolute Gasteiger partial charge is 0.497 e. The summed E-state index contributed by atoms with van der Waals surface area (Å²) < 4.78 is 11.0. The number of ether oxygens (including phenoxy) is 1. The minimum Gasteiger partial charge on any atom is -0.497 e. The predicted molar refractivity (Wildman–Crippen MR) is 102 cm³/mol. The molecule has 3 aromatic rings. The lowest BCUT2D eigenvalue weighted by atomic mass is 10.1. The molecule has 0 unspecified atom stereocenters. The molecule has 0 saturated heterocycles. The Morgan fingerprint density at radius 1 is 1.19 bits per heavy atom. The van der Waals surface area contributed by atoms with Crippen LogP contribution in [0.1, 0.15) is 42.1 Å². The van der Waals surface area contributed by atoms with Crippen molar-refractivity contribution in [2.45, 2.75) is 26.7 Å². The molecular weight excluding hydrogens is 328 g/mol. The van der Waals surface area contributed by atoms with Gasteiger partial charge in [0.05, 0.1) is 7.11 Å². The van der Waals surface area contributed by atoms with Gasteiger partial charge in [0.2, 0.25) is 0 Å². The Balaban J connectivity index is 1.71. The molecule has 0 bridgehead atoms. The smallest absolute Gasteiger partial charge is 0.251 e. The molecule has 1 amide bonds. The fourth-order valence-corrected chi connectivity index (χ4v) is 2.68. The highest BCUT2D eigenvalue weighted by molar-refractivity contribution is 5.97. The van der Waals surface area contributed by atoms with Crippen molar-refractivity contribution in [1.82, 2.24) is 10.3 Å². The van der Waals surface area contributed by atoms with Gasteiger partial charge >= 0.3 is 0 Å². The van der Waals surface area contributed by atoms with Crippen LogP contribution in [0.5, 0.6) is 5.75 Å². The highest BCUT2D eigenvalue weighted by Crippen LogP contribution is 2.20. The van der Waals surface area contributed by atoms with Gasteiger partial charge in [-0.05, 0) is 48.2 Å². The van der Waals surface area contributed by atoms with Crippen LogP contribution in [0.2, 0.25) is 0 Å². The number of fused-ring (bicyclic) bond motifs is 1. The maximum Gasteiger partial charge on any atom is 0.251 e. The van der Waals surface area contributed by atoms with Gasteiger partial charge in [0.25, 0.3) is 5.91 Å². The summed E-state index contributed by atoms with van der Waals surface area (Å²) in [4.78, 5) is 16.7. The number of rotatable bonds is 7. The number of benzene rings is 2. The summed E-state index contributed by atoms with van der Waals surface area (Å²) in [5.41, 5.74) is 3.06. The first-order chi connectivity index (χ1) is 12.5. The zero-order valence-electron chi connectivity index (χ0n) is 15.4. The third-order valence-electron chi connectivity index (χ3n) is 4.22. The SMILES string of the molecule is COc1ccc(Cc2nc3ccc(C(=O)NCCC(C)C)cc3o2)cc1. The Bertz CT molecular complexity index is 882. The lowest BCUT2D eigenvalue weighted by Gasteiger charge is -2.06. The number of hydrogen-bond acceptors (Lipinski definition) is 4. The molecule has 0 aliphatic heterocycles. The van der Waals surface area contributed by atoms with Crippen molar-refractivity contribution < 1.29 is 13.9 Å². The monoisotopic (exact) mass is 352 g/mol. The van der Waals surface area contributed by atoms with Crippen molar-refractivity contribution in [2.75, 3.05) is 13.7 Å². The second-order valence-electron chi connectivity index (χ2n) is 6.75. The number of carbonyl (C=O) groups is 1. The third kappa shape index (κ3) is 4.42. The Labute approximate surface area is 153 Å². The molecule has 1 aromatic heterocycles. The van der Waals surface area contributed by atoms with Gasteiger partial charge in [-0.25, -0.2) is 4.98 Å². The molecule has 0 radical (unpaired) electrons.